The number of aromatic amines is 1. The Kier molecular flexibility index (Phi) is 3.20. The van der Waals surface area contributed by atoms with Crippen molar-refractivity contribution in [3.8, 4) is 0 Å². The molecule has 2 saturated heterocycles. The van der Waals surface area contributed by atoms with Gasteiger partial charge >= 0.3 is 0 Å². The fourth-order valence-electron chi connectivity index (χ4n) is 3.77. The van der Waals surface area contributed by atoms with Gasteiger partial charge in [0.2, 0.25) is 5.95 Å². The number of nitrogens with one attached hydrogen (secondary N) is 4. The lowest BCUT2D eigenvalue weighted by atomic mass is 9.96. The zero-order valence-corrected chi connectivity index (χ0v) is 14.2. The average Bonchev–Trinajstić information content (AvgIpc) is 3.31. The number of rotatable bonds is 4. The van der Waals surface area contributed by atoms with Gasteiger partial charge in [0.15, 0.2) is 11.6 Å². The van der Waals surface area contributed by atoms with Crippen LogP contribution in [-0.2, 0) is 0 Å². The van der Waals surface area contributed by atoms with E-state index in [9.17, 15) is 0 Å². The third-order valence-corrected chi connectivity index (χ3v) is 5.78. The third-order valence-electron chi connectivity index (χ3n) is 4.87. The van der Waals surface area contributed by atoms with Crippen LogP contribution in [0.25, 0.3) is 10.2 Å². The lowest BCUT2D eigenvalue weighted by molar-refractivity contribution is 0.525. The Morgan fingerprint density at radius 1 is 1.29 bits per heavy atom. The van der Waals surface area contributed by atoms with E-state index in [-0.39, 0.29) is 0 Å². The molecular formula is C16H19N7S. The van der Waals surface area contributed by atoms with Gasteiger partial charge in [-0.25, -0.2) is 4.98 Å². The topological polar surface area (TPSA) is 90.6 Å². The molecule has 7 nitrogen and oxygen atoms in total. The maximum Gasteiger partial charge on any atom is 0.225 e. The molecule has 2 unspecified atom stereocenters. The lowest BCUT2D eigenvalue weighted by Gasteiger charge is -2.21. The molecule has 0 spiro atoms. The summed E-state index contributed by atoms with van der Waals surface area (Å²) < 4.78 is 1.05. The number of fused-ring (bicyclic) bond motifs is 3. The third kappa shape index (κ3) is 2.42. The fourth-order valence-corrected chi connectivity index (χ4v) is 4.54. The van der Waals surface area contributed by atoms with Crippen molar-refractivity contribution >= 4 is 39.1 Å². The molecule has 0 radical (unpaired) electrons. The monoisotopic (exact) mass is 341 g/mol. The molecule has 2 aliphatic heterocycles. The molecule has 0 amide bonds. The van der Waals surface area contributed by atoms with Crippen LogP contribution in [0.3, 0.4) is 0 Å². The standard InChI is InChI=1S/C16H19N7S/c1-8-6-13(23-22-8)20-15-14-11(4-5-24-14)18-16(21-15)19-12-7-9-2-3-10(12)17-9/h4-6,9-10,12,17H,2-3,7H2,1H3,(H3,18,19,20,21,22,23)/t9?,10?,12-/m0/s1. The molecule has 4 N–H and O–H groups in total. The zero-order chi connectivity index (χ0) is 16.1. The van der Waals surface area contributed by atoms with Crippen LogP contribution in [0.4, 0.5) is 17.6 Å². The molecule has 5 rings (SSSR count). The lowest BCUT2D eigenvalue weighted by Crippen LogP contribution is -2.34. The molecule has 0 aromatic carbocycles. The minimum absolute atomic E-state index is 0.417. The molecule has 3 aromatic heterocycles. The largest absolute Gasteiger partial charge is 0.350 e. The number of hydrogen-bond donors (Lipinski definition) is 4. The molecule has 24 heavy (non-hydrogen) atoms. The summed E-state index contributed by atoms with van der Waals surface area (Å²) in [5.41, 5.74) is 1.98. The quantitative estimate of drug-likeness (QED) is 0.583. The van der Waals surface area contributed by atoms with Gasteiger partial charge in [0.05, 0.1) is 10.2 Å². The highest BCUT2D eigenvalue weighted by molar-refractivity contribution is 7.17. The van der Waals surface area contributed by atoms with Crippen molar-refractivity contribution in [2.24, 2.45) is 0 Å². The Balaban J connectivity index is 1.46. The number of anilines is 3. The van der Waals surface area contributed by atoms with Crippen LogP contribution < -0.4 is 16.0 Å². The van der Waals surface area contributed by atoms with Crippen LogP contribution in [0.15, 0.2) is 17.5 Å². The summed E-state index contributed by atoms with van der Waals surface area (Å²) in [5.74, 6) is 2.27. The Hall–Kier alpha value is -2.19. The van der Waals surface area contributed by atoms with Gasteiger partial charge in [-0.05, 0) is 37.6 Å². The molecule has 0 saturated carbocycles. The summed E-state index contributed by atoms with van der Waals surface area (Å²) in [6.07, 6.45) is 3.68. The van der Waals surface area contributed by atoms with Gasteiger partial charge in [-0.3, -0.25) is 5.10 Å². The van der Waals surface area contributed by atoms with Crippen molar-refractivity contribution in [1.29, 1.82) is 0 Å². The number of aryl methyl sites for hydroxylation is 1. The van der Waals surface area contributed by atoms with Crippen LogP contribution >= 0.6 is 11.3 Å². The SMILES string of the molecule is Cc1cc(Nc2nc(N[C@H]3CC4CCC3N4)nc3ccsc23)n[nH]1. The highest BCUT2D eigenvalue weighted by atomic mass is 32.1. The predicted octanol–water partition coefficient (Wildman–Crippen LogP) is 2.77. The van der Waals surface area contributed by atoms with E-state index in [2.05, 4.69) is 31.1 Å². The molecule has 0 aliphatic carbocycles. The maximum atomic E-state index is 4.72. The summed E-state index contributed by atoms with van der Waals surface area (Å²) in [6.45, 7) is 1.98. The first-order valence-corrected chi connectivity index (χ1v) is 9.19. The molecule has 3 atom stereocenters. The smallest absolute Gasteiger partial charge is 0.225 e. The molecule has 2 fully saturated rings. The first-order chi connectivity index (χ1) is 11.7. The number of nitrogens with zero attached hydrogens (tertiary/aromatic N) is 3. The van der Waals surface area contributed by atoms with E-state index in [1.807, 2.05) is 24.4 Å². The zero-order valence-electron chi connectivity index (χ0n) is 13.3. The van der Waals surface area contributed by atoms with E-state index in [1.165, 1.54) is 12.8 Å². The second-order valence-electron chi connectivity index (χ2n) is 6.63. The molecule has 2 bridgehead atoms. The Bertz CT molecular complexity index is 886. The van der Waals surface area contributed by atoms with Crippen molar-refractivity contribution in [2.75, 3.05) is 10.6 Å². The maximum absolute atomic E-state index is 4.72. The summed E-state index contributed by atoms with van der Waals surface area (Å²) in [5, 5.41) is 19.7. The first-order valence-electron chi connectivity index (χ1n) is 8.31. The van der Waals surface area contributed by atoms with Crippen molar-refractivity contribution < 1.29 is 0 Å². The van der Waals surface area contributed by atoms with Gasteiger partial charge in [0.25, 0.3) is 0 Å². The number of hydrogen-bond acceptors (Lipinski definition) is 7. The minimum atomic E-state index is 0.417. The molecule has 3 aromatic rings. The highest BCUT2D eigenvalue weighted by Gasteiger charge is 2.39. The number of aromatic nitrogens is 4. The highest BCUT2D eigenvalue weighted by Crippen LogP contribution is 2.32. The van der Waals surface area contributed by atoms with Gasteiger partial charge in [0, 0.05) is 29.9 Å². The number of thiophene rings is 1. The van der Waals surface area contributed by atoms with Crippen LogP contribution in [0.2, 0.25) is 0 Å². The van der Waals surface area contributed by atoms with E-state index in [1.54, 1.807) is 11.3 Å². The summed E-state index contributed by atoms with van der Waals surface area (Å²) in [4.78, 5) is 9.40. The first kappa shape index (κ1) is 14.2. The minimum Gasteiger partial charge on any atom is -0.350 e. The van der Waals surface area contributed by atoms with Gasteiger partial charge in [-0.2, -0.15) is 10.1 Å². The van der Waals surface area contributed by atoms with Crippen LogP contribution in [-0.4, -0.2) is 38.3 Å². The average molecular weight is 341 g/mol. The Labute approximate surface area is 143 Å². The van der Waals surface area contributed by atoms with Gasteiger partial charge in [-0.15, -0.1) is 11.3 Å². The molecule has 124 valence electrons. The summed E-state index contributed by atoms with van der Waals surface area (Å²) >= 11 is 1.64. The van der Waals surface area contributed by atoms with Gasteiger partial charge in [-0.1, -0.05) is 0 Å². The van der Waals surface area contributed by atoms with Gasteiger partial charge < -0.3 is 16.0 Å². The predicted molar refractivity (Wildman–Crippen MR) is 96.0 cm³/mol. The van der Waals surface area contributed by atoms with E-state index in [0.29, 0.717) is 24.1 Å². The van der Waals surface area contributed by atoms with Crippen molar-refractivity contribution in [3.63, 3.8) is 0 Å². The van der Waals surface area contributed by atoms with Crippen LogP contribution in [0, 0.1) is 6.92 Å². The Morgan fingerprint density at radius 3 is 3.00 bits per heavy atom. The van der Waals surface area contributed by atoms with E-state index < -0.39 is 0 Å². The summed E-state index contributed by atoms with van der Waals surface area (Å²) in [7, 11) is 0. The number of H-pyrrole nitrogens is 1. The van der Waals surface area contributed by atoms with E-state index in [4.69, 9.17) is 4.98 Å². The van der Waals surface area contributed by atoms with Crippen LogP contribution in [0.1, 0.15) is 25.0 Å². The molecular weight excluding hydrogens is 322 g/mol. The van der Waals surface area contributed by atoms with Crippen molar-refractivity contribution in [3.05, 3.63) is 23.2 Å². The normalized spacial score (nSPS) is 25.5. The van der Waals surface area contributed by atoms with E-state index >= 15 is 0 Å². The van der Waals surface area contributed by atoms with E-state index in [0.717, 1.165) is 34.0 Å². The second kappa shape index (κ2) is 5.42. The molecule has 2 aliphatic rings. The molecule has 5 heterocycles. The molecule has 8 heteroatoms. The second-order valence-corrected chi connectivity index (χ2v) is 7.54. The van der Waals surface area contributed by atoms with Crippen LogP contribution in [0.5, 0.6) is 0 Å². The van der Waals surface area contributed by atoms with Crippen molar-refractivity contribution in [2.45, 2.75) is 44.3 Å². The van der Waals surface area contributed by atoms with Crippen molar-refractivity contribution in [1.82, 2.24) is 25.5 Å². The van der Waals surface area contributed by atoms with Gasteiger partial charge in [0.1, 0.15) is 0 Å². The fraction of sp³-hybridized carbons (Fsp3) is 0.438. The summed E-state index contributed by atoms with van der Waals surface area (Å²) in [6, 6.07) is 5.62. The Morgan fingerprint density at radius 2 is 2.25 bits per heavy atom.